The van der Waals surface area contributed by atoms with Crippen LogP contribution in [0.25, 0.3) is 0 Å². The quantitative estimate of drug-likeness (QED) is 0.650. The van der Waals surface area contributed by atoms with Crippen LogP contribution in [0.2, 0.25) is 0 Å². The number of hydrogen-bond donors (Lipinski definition) is 3. The van der Waals surface area contributed by atoms with Crippen molar-refractivity contribution >= 4 is 17.9 Å². The SMILES string of the molecule is O=C(O)c1ccc(C(=O)O)c(C(=O)O)n1. The molecule has 3 N–H and O–H groups in total. The van der Waals surface area contributed by atoms with Crippen LogP contribution in [0.5, 0.6) is 0 Å². The number of rotatable bonds is 3. The maximum Gasteiger partial charge on any atom is 0.355 e. The summed E-state index contributed by atoms with van der Waals surface area (Å²) in [6.07, 6.45) is 0. The van der Waals surface area contributed by atoms with Gasteiger partial charge in [0.15, 0.2) is 5.69 Å². The Morgan fingerprint density at radius 2 is 1.53 bits per heavy atom. The smallest absolute Gasteiger partial charge is 0.355 e. The van der Waals surface area contributed by atoms with Gasteiger partial charge in [0.05, 0.1) is 5.56 Å². The van der Waals surface area contributed by atoms with Crippen LogP contribution in [0, 0.1) is 0 Å². The lowest BCUT2D eigenvalue weighted by Gasteiger charge is -2.01. The first-order valence-corrected chi connectivity index (χ1v) is 3.64. The Labute approximate surface area is 82.6 Å². The van der Waals surface area contributed by atoms with Crippen LogP contribution in [0.4, 0.5) is 0 Å². The molecule has 0 radical (unpaired) electrons. The summed E-state index contributed by atoms with van der Waals surface area (Å²) in [4.78, 5) is 34.8. The summed E-state index contributed by atoms with van der Waals surface area (Å²) in [7, 11) is 0. The van der Waals surface area contributed by atoms with E-state index in [4.69, 9.17) is 15.3 Å². The topological polar surface area (TPSA) is 125 Å². The molecule has 0 aromatic carbocycles. The predicted molar refractivity (Wildman–Crippen MR) is 45.1 cm³/mol. The second-order valence-corrected chi connectivity index (χ2v) is 2.51. The van der Waals surface area contributed by atoms with Crippen molar-refractivity contribution in [3.63, 3.8) is 0 Å². The number of aromatic nitrogens is 1. The van der Waals surface area contributed by atoms with Crippen LogP contribution in [0.15, 0.2) is 12.1 Å². The number of carboxylic acid groups (broad SMARTS) is 3. The lowest BCUT2D eigenvalue weighted by Crippen LogP contribution is -2.13. The van der Waals surface area contributed by atoms with Gasteiger partial charge in [-0.15, -0.1) is 0 Å². The van der Waals surface area contributed by atoms with Crippen LogP contribution < -0.4 is 0 Å². The summed E-state index contributed by atoms with van der Waals surface area (Å²) in [5, 5.41) is 25.7. The molecule has 0 saturated heterocycles. The number of nitrogens with zero attached hydrogens (tertiary/aromatic N) is 1. The Kier molecular flexibility index (Phi) is 2.65. The molecule has 78 valence electrons. The van der Waals surface area contributed by atoms with Gasteiger partial charge in [-0.05, 0) is 12.1 Å². The minimum Gasteiger partial charge on any atom is -0.478 e. The van der Waals surface area contributed by atoms with Crippen LogP contribution in [-0.2, 0) is 0 Å². The van der Waals surface area contributed by atoms with Gasteiger partial charge >= 0.3 is 17.9 Å². The summed E-state index contributed by atoms with van der Waals surface area (Å²) in [6, 6.07) is 1.82. The van der Waals surface area contributed by atoms with Crippen LogP contribution in [0.3, 0.4) is 0 Å². The van der Waals surface area contributed by atoms with E-state index in [2.05, 4.69) is 4.98 Å². The third-order valence-corrected chi connectivity index (χ3v) is 1.55. The molecule has 0 amide bonds. The number of pyridine rings is 1. The molecule has 0 unspecified atom stereocenters. The maximum atomic E-state index is 10.6. The summed E-state index contributed by atoms with van der Waals surface area (Å²) >= 11 is 0. The molecule has 7 heteroatoms. The molecule has 0 fully saturated rings. The van der Waals surface area contributed by atoms with E-state index in [-0.39, 0.29) is 0 Å². The minimum absolute atomic E-state index is 0.516. The molecule has 0 aliphatic rings. The zero-order valence-electron chi connectivity index (χ0n) is 7.17. The van der Waals surface area contributed by atoms with Gasteiger partial charge in [0, 0.05) is 0 Å². The molecule has 1 aromatic heterocycles. The third kappa shape index (κ3) is 2.08. The van der Waals surface area contributed by atoms with E-state index in [0.717, 1.165) is 12.1 Å². The van der Waals surface area contributed by atoms with Crippen LogP contribution >= 0.6 is 0 Å². The molecule has 1 heterocycles. The minimum atomic E-state index is -1.59. The molecule has 0 bridgehead atoms. The predicted octanol–water partition coefficient (Wildman–Crippen LogP) is 0.176. The first-order chi connectivity index (χ1) is 6.93. The maximum absolute atomic E-state index is 10.6. The van der Waals surface area contributed by atoms with E-state index in [9.17, 15) is 14.4 Å². The van der Waals surface area contributed by atoms with E-state index in [1.165, 1.54) is 0 Å². The normalized spacial score (nSPS) is 9.60. The van der Waals surface area contributed by atoms with E-state index in [1.807, 2.05) is 0 Å². The fraction of sp³-hybridized carbons (Fsp3) is 0. The average Bonchev–Trinajstić information content (AvgIpc) is 2.16. The summed E-state index contributed by atoms with van der Waals surface area (Å²) in [6.45, 7) is 0. The van der Waals surface area contributed by atoms with Crippen molar-refractivity contribution in [2.75, 3.05) is 0 Å². The fourth-order valence-corrected chi connectivity index (χ4v) is 0.914. The van der Waals surface area contributed by atoms with Gasteiger partial charge < -0.3 is 15.3 Å². The van der Waals surface area contributed by atoms with Crippen molar-refractivity contribution in [2.24, 2.45) is 0 Å². The summed E-state index contributed by atoms with van der Waals surface area (Å²) in [5.74, 6) is -4.48. The van der Waals surface area contributed by atoms with Gasteiger partial charge in [-0.2, -0.15) is 0 Å². The molecular weight excluding hydrogens is 206 g/mol. The lowest BCUT2D eigenvalue weighted by molar-refractivity contribution is 0.0641. The number of carbonyl (C=O) groups is 3. The van der Waals surface area contributed by atoms with Crippen molar-refractivity contribution in [1.82, 2.24) is 4.98 Å². The van der Waals surface area contributed by atoms with Crippen molar-refractivity contribution in [2.45, 2.75) is 0 Å². The highest BCUT2D eigenvalue weighted by molar-refractivity contribution is 6.01. The third-order valence-electron chi connectivity index (χ3n) is 1.55. The van der Waals surface area contributed by atoms with Gasteiger partial charge in [0.2, 0.25) is 0 Å². The van der Waals surface area contributed by atoms with E-state index in [0.29, 0.717) is 0 Å². The highest BCUT2D eigenvalue weighted by Crippen LogP contribution is 2.08. The number of aromatic carboxylic acids is 3. The average molecular weight is 211 g/mol. The van der Waals surface area contributed by atoms with Crippen molar-refractivity contribution in [3.05, 3.63) is 29.1 Å². The molecule has 1 rings (SSSR count). The second-order valence-electron chi connectivity index (χ2n) is 2.51. The van der Waals surface area contributed by atoms with E-state index >= 15 is 0 Å². The second kappa shape index (κ2) is 3.74. The summed E-state index contributed by atoms with van der Waals surface area (Å²) in [5.41, 5.74) is -1.85. The van der Waals surface area contributed by atoms with Crippen molar-refractivity contribution < 1.29 is 29.7 Å². The van der Waals surface area contributed by atoms with Crippen molar-refractivity contribution in [1.29, 1.82) is 0 Å². The lowest BCUT2D eigenvalue weighted by atomic mass is 10.1. The molecule has 0 spiro atoms. The highest BCUT2D eigenvalue weighted by Gasteiger charge is 2.19. The molecule has 0 aliphatic heterocycles. The van der Waals surface area contributed by atoms with Crippen molar-refractivity contribution in [3.8, 4) is 0 Å². The Morgan fingerprint density at radius 3 is 1.93 bits per heavy atom. The van der Waals surface area contributed by atoms with Gasteiger partial charge in [0.1, 0.15) is 5.69 Å². The molecule has 0 aliphatic carbocycles. The number of hydrogen-bond acceptors (Lipinski definition) is 4. The molecule has 15 heavy (non-hydrogen) atoms. The van der Waals surface area contributed by atoms with Gasteiger partial charge in [0.25, 0.3) is 0 Å². The van der Waals surface area contributed by atoms with Crippen LogP contribution in [-0.4, -0.2) is 38.2 Å². The first-order valence-electron chi connectivity index (χ1n) is 3.64. The van der Waals surface area contributed by atoms with Gasteiger partial charge in [-0.3, -0.25) is 0 Å². The zero-order chi connectivity index (χ0) is 11.6. The Morgan fingerprint density at radius 1 is 0.933 bits per heavy atom. The van der Waals surface area contributed by atoms with Crippen LogP contribution in [0.1, 0.15) is 31.3 Å². The first kappa shape index (κ1) is 10.6. The molecule has 0 atom stereocenters. The van der Waals surface area contributed by atoms with E-state index < -0.39 is 34.9 Å². The molecule has 7 nitrogen and oxygen atoms in total. The molecule has 1 aromatic rings. The number of carboxylic acids is 3. The standard InChI is InChI=1S/C8H5NO6/c10-6(11)3-1-2-4(7(12)13)9-5(3)8(14)15/h1-2H,(H,10,11)(H,12,13)(H,14,15). The fourth-order valence-electron chi connectivity index (χ4n) is 0.914. The zero-order valence-corrected chi connectivity index (χ0v) is 7.17. The highest BCUT2D eigenvalue weighted by atomic mass is 16.4. The molecule has 0 saturated carbocycles. The Balaban J connectivity index is 3.40. The largest absolute Gasteiger partial charge is 0.478 e. The molecular formula is C8H5NO6. The van der Waals surface area contributed by atoms with Gasteiger partial charge in [-0.25, -0.2) is 19.4 Å². The summed E-state index contributed by atoms with van der Waals surface area (Å²) < 4.78 is 0. The van der Waals surface area contributed by atoms with E-state index in [1.54, 1.807) is 0 Å². The Hall–Kier alpha value is -2.44. The van der Waals surface area contributed by atoms with Gasteiger partial charge in [-0.1, -0.05) is 0 Å². The monoisotopic (exact) mass is 211 g/mol. The Bertz CT molecular complexity index is 452.